The summed E-state index contributed by atoms with van der Waals surface area (Å²) in [4.78, 5) is 28.9. The number of hydrogen-bond donors (Lipinski definition) is 2. The van der Waals surface area contributed by atoms with Crippen molar-refractivity contribution < 1.29 is 9.59 Å². The summed E-state index contributed by atoms with van der Waals surface area (Å²) in [6.45, 7) is 8.23. The maximum absolute atomic E-state index is 12.4. The molecule has 0 atom stereocenters. The Kier molecular flexibility index (Phi) is 12.1. The molecule has 0 saturated carbocycles. The molecule has 2 aromatic carbocycles. The highest BCUT2D eigenvalue weighted by atomic mass is 35.5. The Balaban J connectivity index is 1.83. The van der Waals surface area contributed by atoms with Gasteiger partial charge < -0.3 is 20.4 Å². The number of rotatable bonds is 14. The van der Waals surface area contributed by atoms with E-state index in [-0.39, 0.29) is 18.2 Å². The van der Waals surface area contributed by atoms with E-state index in [1.54, 1.807) is 24.3 Å². The van der Waals surface area contributed by atoms with Gasteiger partial charge in [0.05, 0.1) is 6.42 Å². The highest BCUT2D eigenvalue weighted by Gasteiger charge is 2.09. The van der Waals surface area contributed by atoms with E-state index in [0.717, 1.165) is 44.0 Å². The van der Waals surface area contributed by atoms with Crippen molar-refractivity contribution >= 4 is 52.1 Å². The standard InChI is InChI=1S/C25H34Cl2N4O2/c1-3-30(4-2)16-13-24(32)28-21-7-9-22(10-8-21)29-25(33)19-20-5-11-23(12-6-20)31(17-14-26)18-15-27/h5-12H,3-4,13-19H2,1-2H3,(H,28,32)(H,29,33). The molecule has 6 nitrogen and oxygen atoms in total. The zero-order chi connectivity index (χ0) is 24.1. The topological polar surface area (TPSA) is 64.7 Å². The Morgan fingerprint density at radius 1 is 0.758 bits per heavy atom. The number of nitrogens with one attached hydrogen (secondary N) is 2. The molecule has 2 N–H and O–H groups in total. The molecular weight excluding hydrogens is 459 g/mol. The Morgan fingerprint density at radius 3 is 1.76 bits per heavy atom. The number of carbonyl (C=O) groups is 2. The van der Waals surface area contributed by atoms with Crippen LogP contribution in [0.25, 0.3) is 0 Å². The van der Waals surface area contributed by atoms with E-state index in [0.29, 0.717) is 29.6 Å². The molecule has 0 unspecified atom stereocenters. The number of carbonyl (C=O) groups excluding carboxylic acids is 2. The Morgan fingerprint density at radius 2 is 1.27 bits per heavy atom. The Bertz CT molecular complexity index is 850. The largest absolute Gasteiger partial charge is 0.369 e. The van der Waals surface area contributed by atoms with Gasteiger partial charge in [-0.2, -0.15) is 0 Å². The minimum atomic E-state index is -0.0999. The van der Waals surface area contributed by atoms with Crippen LogP contribution in [0.15, 0.2) is 48.5 Å². The summed E-state index contributed by atoms with van der Waals surface area (Å²) in [6.07, 6.45) is 0.726. The molecule has 0 aliphatic carbocycles. The molecule has 0 bridgehead atoms. The molecule has 2 aromatic rings. The predicted molar refractivity (Wildman–Crippen MR) is 140 cm³/mol. The number of alkyl halides is 2. The zero-order valence-electron chi connectivity index (χ0n) is 19.4. The third-order valence-electron chi connectivity index (χ3n) is 5.38. The SMILES string of the molecule is CCN(CC)CCC(=O)Nc1ccc(NC(=O)Cc2ccc(N(CCCl)CCCl)cc2)cc1. The number of hydrogen-bond acceptors (Lipinski definition) is 4. The van der Waals surface area contributed by atoms with Crippen molar-refractivity contribution in [2.75, 3.05) is 60.0 Å². The van der Waals surface area contributed by atoms with Crippen LogP contribution in [0.1, 0.15) is 25.8 Å². The first kappa shape index (κ1) is 27.0. The lowest BCUT2D eigenvalue weighted by Gasteiger charge is -2.23. The van der Waals surface area contributed by atoms with Crippen LogP contribution in [-0.4, -0.2) is 61.2 Å². The van der Waals surface area contributed by atoms with Crippen molar-refractivity contribution in [2.24, 2.45) is 0 Å². The normalized spacial score (nSPS) is 10.8. The summed E-state index contributed by atoms with van der Waals surface area (Å²) in [6, 6.07) is 15.0. The highest BCUT2D eigenvalue weighted by molar-refractivity contribution is 6.18. The van der Waals surface area contributed by atoms with Gasteiger partial charge >= 0.3 is 0 Å². The fourth-order valence-corrected chi connectivity index (χ4v) is 3.86. The number of anilines is 3. The van der Waals surface area contributed by atoms with Crippen molar-refractivity contribution in [3.05, 3.63) is 54.1 Å². The van der Waals surface area contributed by atoms with Crippen molar-refractivity contribution in [3.63, 3.8) is 0 Å². The van der Waals surface area contributed by atoms with Crippen LogP contribution in [0, 0.1) is 0 Å². The first-order valence-corrected chi connectivity index (χ1v) is 12.4. The lowest BCUT2D eigenvalue weighted by atomic mass is 10.1. The Labute approximate surface area is 207 Å². The molecule has 0 radical (unpaired) electrons. The summed E-state index contributed by atoms with van der Waals surface area (Å²) < 4.78 is 0. The number of halogens is 2. The number of benzene rings is 2. The fourth-order valence-electron chi connectivity index (χ4n) is 3.45. The van der Waals surface area contributed by atoms with E-state index in [2.05, 4.69) is 34.3 Å². The second kappa shape index (κ2) is 14.8. The molecule has 33 heavy (non-hydrogen) atoms. The van der Waals surface area contributed by atoms with E-state index in [4.69, 9.17) is 23.2 Å². The summed E-state index contributed by atoms with van der Waals surface area (Å²) >= 11 is 11.7. The van der Waals surface area contributed by atoms with Gasteiger partial charge in [-0.15, -0.1) is 23.2 Å². The van der Waals surface area contributed by atoms with Crippen LogP contribution in [0.2, 0.25) is 0 Å². The fraction of sp³-hybridized carbons (Fsp3) is 0.440. The Hall–Kier alpha value is -2.28. The maximum atomic E-state index is 12.4. The van der Waals surface area contributed by atoms with E-state index in [1.807, 2.05) is 24.3 Å². The molecule has 2 rings (SSSR count). The zero-order valence-corrected chi connectivity index (χ0v) is 21.0. The second-order valence-electron chi connectivity index (χ2n) is 7.66. The van der Waals surface area contributed by atoms with Gasteiger partial charge in [0.2, 0.25) is 11.8 Å². The lowest BCUT2D eigenvalue weighted by Crippen LogP contribution is -2.27. The smallest absolute Gasteiger partial charge is 0.228 e. The van der Waals surface area contributed by atoms with Crippen molar-refractivity contribution in [1.29, 1.82) is 0 Å². The van der Waals surface area contributed by atoms with Crippen LogP contribution in [0.3, 0.4) is 0 Å². The maximum Gasteiger partial charge on any atom is 0.228 e. The second-order valence-corrected chi connectivity index (χ2v) is 8.41. The molecular formula is C25H34Cl2N4O2. The quantitative estimate of drug-likeness (QED) is 0.371. The molecule has 0 aromatic heterocycles. The van der Waals surface area contributed by atoms with Crippen molar-refractivity contribution in [1.82, 2.24) is 4.90 Å². The van der Waals surface area contributed by atoms with Gasteiger partial charge in [0.15, 0.2) is 0 Å². The molecule has 0 aliphatic rings. The summed E-state index contributed by atoms with van der Waals surface area (Å²) in [5.41, 5.74) is 3.36. The van der Waals surface area contributed by atoms with E-state index < -0.39 is 0 Å². The summed E-state index contributed by atoms with van der Waals surface area (Å²) in [5.74, 6) is 0.939. The third kappa shape index (κ3) is 9.62. The van der Waals surface area contributed by atoms with Crippen LogP contribution in [0.4, 0.5) is 17.1 Å². The first-order valence-electron chi connectivity index (χ1n) is 11.4. The van der Waals surface area contributed by atoms with Crippen LogP contribution < -0.4 is 15.5 Å². The van der Waals surface area contributed by atoms with Gasteiger partial charge in [-0.3, -0.25) is 9.59 Å². The molecule has 180 valence electrons. The van der Waals surface area contributed by atoms with Gasteiger partial charge in [0, 0.05) is 54.9 Å². The molecule has 2 amide bonds. The predicted octanol–water partition coefficient (Wildman–Crippen LogP) is 4.82. The highest BCUT2D eigenvalue weighted by Crippen LogP contribution is 2.17. The molecule has 0 saturated heterocycles. The summed E-state index contributed by atoms with van der Waals surface area (Å²) in [7, 11) is 0. The van der Waals surface area contributed by atoms with Crippen LogP contribution in [-0.2, 0) is 16.0 Å². The monoisotopic (exact) mass is 492 g/mol. The van der Waals surface area contributed by atoms with Crippen molar-refractivity contribution in [3.8, 4) is 0 Å². The average molecular weight is 493 g/mol. The van der Waals surface area contributed by atoms with Gasteiger partial charge in [-0.05, 0) is 55.1 Å². The first-order chi connectivity index (χ1) is 16.0. The van der Waals surface area contributed by atoms with Gasteiger partial charge in [0.1, 0.15) is 0 Å². The van der Waals surface area contributed by atoms with E-state index in [9.17, 15) is 9.59 Å². The van der Waals surface area contributed by atoms with Crippen molar-refractivity contribution in [2.45, 2.75) is 26.7 Å². The lowest BCUT2D eigenvalue weighted by molar-refractivity contribution is -0.117. The van der Waals surface area contributed by atoms with E-state index in [1.165, 1.54) is 0 Å². The number of nitrogens with zero attached hydrogens (tertiary/aromatic N) is 2. The minimum Gasteiger partial charge on any atom is -0.369 e. The minimum absolute atomic E-state index is 0.0159. The van der Waals surface area contributed by atoms with Crippen LogP contribution in [0.5, 0.6) is 0 Å². The van der Waals surface area contributed by atoms with Gasteiger partial charge in [-0.1, -0.05) is 26.0 Å². The molecule has 0 aliphatic heterocycles. The van der Waals surface area contributed by atoms with E-state index >= 15 is 0 Å². The van der Waals surface area contributed by atoms with Crippen LogP contribution >= 0.6 is 23.2 Å². The third-order valence-corrected chi connectivity index (χ3v) is 5.72. The molecule has 0 heterocycles. The summed E-state index contributed by atoms with van der Waals surface area (Å²) in [5, 5.41) is 5.80. The average Bonchev–Trinajstić information content (AvgIpc) is 2.81. The molecule has 0 spiro atoms. The van der Waals surface area contributed by atoms with Gasteiger partial charge in [0.25, 0.3) is 0 Å². The van der Waals surface area contributed by atoms with Gasteiger partial charge in [-0.25, -0.2) is 0 Å². The molecule has 8 heteroatoms. The number of amides is 2. The molecule has 0 fully saturated rings.